The molecule has 1 amide bonds. The first kappa shape index (κ1) is 17.2. The van der Waals surface area contributed by atoms with Crippen molar-refractivity contribution in [2.24, 2.45) is 0 Å². The molecule has 1 aliphatic heterocycles. The van der Waals surface area contributed by atoms with E-state index in [0.29, 0.717) is 19.5 Å². The van der Waals surface area contributed by atoms with E-state index in [1.165, 1.54) is 7.11 Å². The fraction of sp³-hybridized carbons (Fsp3) is 0.917. The highest BCUT2D eigenvalue weighted by molar-refractivity contribution is 7.88. The van der Waals surface area contributed by atoms with Crippen LogP contribution in [0.5, 0.6) is 0 Å². The van der Waals surface area contributed by atoms with E-state index < -0.39 is 21.7 Å². The van der Waals surface area contributed by atoms with Crippen LogP contribution in [0.2, 0.25) is 0 Å². The third-order valence-electron chi connectivity index (χ3n) is 2.88. The van der Waals surface area contributed by atoms with Crippen LogP contribution in [-0.2, 0) is 19.5 Å². The van der Waals surface area contributed by atoms with Crippen molar-refractivity contribution >= 4 is 16.1 Å². The first-order valence-corrected chi connectivity index (χ1v) is 8.39. The number of piperidine rings is 1. The molecule has 1 aliphatic rings. The van der Waals surface area contributed by atoms with Crippen LogP contribution in [-0.4, -0.2) is 63.6 Å². The summed E-state index contributed by atoms with van der Waals surface area (Å²) in [6, 6.07) is -0.325. The van der Waals surface area contributed by atoms with E-state index in [2.05, 4.69) is 4.72 Å². The van der Waals surface area contributed by atoms with Gasteiger partial charge >= 0.3 is 6.09 Å². The predicted molar refractivity (Wildman–Crippen MR) is 75.0 cm³/mol. The van der Waals surface area contributed by atoms with E-state index >= 15 is 0 Å². The van der Waals surface area contributed by atoms with Crippen molar-refractivity contribution in [2.45, 2.75) is 44.9 Å². The van der Waals surface area contributed by atoms with Crippen LogP contribution in [0.1, 0.15) is 27.2 Å². The smallest absolute Gasteiger partial charge is 0.410 e. The Labute approximate surface area is 120 Å². The van der Waals surface area contributed by atoms with Crippen molar-refractivity contribution in [1.29, 1.82) is 0 Å². The molecular formula is C12H24N2O5S. The Hall–Kier alpha value is -0.860. The lowest BCUT2D eigenvalue weighted by atomic mass is 10.0. The molecule has 0 aromatic rings. The van der Waals surface area contributed by atoms with Crippen LogP contribution in [0.15, 0.2) is 0 Å². The van der Waals surface area contributed by atoms with E-state index in [0.717, 1.165) is 6.26 Å². The van der Waals surface area contributed by atoms with Gasteiger partial charge in [0.25, 0.3) is 0 Å². The molecule has 118 valence electrons. The van der Waals surface area contributed by atoms with Gasteiger partial charge in [-0.3, -0.25) is 0 Å². The Morgan fingerprint density at radius 2 is 1.95 bits per heavy atom. The van der Waals surface area contributed by atoms with Gasteiger partial charge in [-0.15, -0.1) is 0 Å². The molecule has 0 spiro atoms. The van der Waals surface area contributed by atoms with Gasteiger partial charge in [0.15, 0.2) is 0 Å². The molecule has 1 rings (SSSR count). The van der Waals surface area contributed by atoms with E-state index in [-0.39, 0.29) is 12.1 Å². The summed E-state index contributed by atoms with van der Waals surface area (Å²) in [6.45, 7) is 6.14. The van der Waals surface area contributed by atoms with Gasteiger partial charge in [-0.2, -0.15) is 0 Å². The summed E-state index contributed by atoms with van der Waals surface area (Å²) in [5, 5.41) is 0. The third kappa shape index (κ3) is 5.64. The largest absolute Gasteiger partial charge is 0.444 e. The third-order valence-corrected chi connectivity index (χ3v) is 3.61. The second-order valence-electron chi connectivity index (χ2n) is 5.99. The summed E-state index contributed by atoms with van der Waals surface area (Å²) >= 11 is 0. The van der Waals surface area contributed by atoms with E-state index in [9.17, 15) is 13.2 Å². The van der Waals surface area contributed by atoms with Gasteiger partial charge in [0, 0.05) is 13.7 Å². The van der Waals surface area contributed by atoms with Crippen molar-refractivity contribution in [3.05, 3.63) is 0 Å². The van der Waals surface area contributed by atoms with Gasteiger partial charge in [-0.05, 0) is 27.2 Å². The number of amides is 1. The van der Waals surface area contributed by atoms with Gasteiger partial charge in [-0.1, -0.05) is 0 Å². The molecular weight excluding hydrogens is 284 g/mol. The number of nitrogens with zero attached hydrogens (tertiary/aromatic N) is 1. The summed E-state index contributed by atoms with van der Waals surface area (Å²) in [5.41, 5.74) is -0.554. The highest BCUT2D eigenvalue weighted by Gasteiger charge is 2.34. The lowest BCUT2D eigenvalue weighted by Gasteiger charge is -2.38. The van der Waals surface area contributed by atoms with Crippen LogP contribution in [0, 0.1) is 0 Å². The zero-order valence-electron chi connectivity index (χ0n) is 12.7. The van der Waals surface area contributed by atoms with Crippen molar-refractivity contribution in [3.63, 3.8) is 0 Å². The minimum Gasteiger partial charge on any atom is -0.444 e. The summed E-state index contributed by atoms with van der Waals surface area (Å²) in [7, 11) is -1.80. The van der Waals surface area contributed by atoms with E-state index in [4.69, 9.17) is 9.47 Å². The van der Waals surface area contributed by atoms with Gasteiger partial charge in [0.2, 0.25) is 10.0 Å². The Kier molecular flexibility index (Phi) is 5.39. The summed E-state index contributed by atoms with van der Waals surface area (Å²) in [5.74, 6) is 0. The molecule has 8 heteroatoms. The van der Waals surface area contributed by atoms with Gasteiger partial charge in [0.1, 0.15) is 5.60 Å². The summed E-state index contributed by atoms with van der Waals surface area (Å²) in [4.78, 5) is 13.5. The zero-order chi connectivity index (χ0) is 15.6. The first-order chi connectivity index (χ1) is 9.02. The lowest BCUT2D eigenvalue weighted by Crippen LogP contribution is -2.56. The molecule has 0 bridgehead atoms. The summed E-state index contributed by atoms with van der Waals surface area (Å²) < 4.78 is 35.7. The molecule has 0 radical (unpaired) electrons. The average Bonchev–Trinajstić information content (AvgIpc) is 2.25. The minimum absolute atomic E-state index is 0.304. The van der Waals surface area contributed by atoms with Gasteiger partial charge in [0.05, 0.1) is 24.9 Å². The molecule has 0 saturated carbocycles. The summed E-state index contributed by atoms with van der Waals surface area (Å²) in [6.07, 6.45) is 0.813. The molecule has 0 unspecified atom stereocenters. The maximum atomic E-state index is 12.0. The molecule has 1 saturated heterocycles. The molecule has 20 heavy (non-hydrogen) atoms. The number of hydrogen-bond donors (Lipinski definition) is 1. The van der Waals surface area contributed by atoms with E-state index in [1.54, 1.807) is 25.7 Å². The molecule has 0 aromatic heterocycles. The normalized spacial score (nSPS) is 24.6. The van der Waals surface area contributed by atoms with Crippen LogP contribution >= 0.6 is 0 Å². The highest BCUT2D eigenvalue weighted by Crippen LogP contribution is 2.18. The predicted octanol–water partition coefficient (Wildman–Crippen LogP) is 0.560. The molecule has 0 aromatic carbocycles. The number of ether oxygens (including phenoxy) is 2. The van der Waals surface area contributed by atoms with E-state index in [1.807, 2.05) is 0 Å². The number of carbonyl (C=O) groups is 1. The number of methoxy groups -OCH3 is 1. The number of hydrogen-bond acceptors (Lipinski definition) is 5. The van der Waals surface area contributed by atoms with Crippen LogP contribution < -0.4 is 4.72 Å². The topological polar surface area (TPSA) is 84.9 Å². The number of sulfonamides is 1. The highest BCUT2D eigenvalue weighted by atomic mass is 32.2. The van der Waals surface area contributed by atoms with Crippen molar-refractivity contribution in [3.8, 4) is 0 Å². The molecule has 1 N–H and O–H groups in total. The first-order valence-electron chi connectivity index (χ1n) is 6.50. The van der Waals surface area contributed by atoms with Crippen molar-refractivity contribution in [1.82, 2.24) is 9.62 Å². The Bertz CT molecular complexity index is 443. The van der Waals surface area contributed by atoms with Gasteiger partial charge < -0.3 is 14.4 Å². The maximum Gasteiger partial charge on any atom is 0.410 e. The second kappa shape index (κ2) is 6.28. The Balaban J connectivity index is 2.65. The van der Waals surface area contributed by atoms with Crippen molar-refractivity contribution < 1.29 is 22.7 Å². The molecule has 0 aliphatic carbocycles. The fourth-order valence-corrected chi connectivity index (χ4v) is 2.88. The quantitative estimate of drug-likeness (QED) is 0.823. The van der Waals surface area contributed by atoms with Crippen LogP contribution in [0.4, 0.5) is 4.79 Å². The molecule has 2 atom stereocenters. The lowest BCUT2D eigenvalue weighted by molar-refractivity contribution is -0.0148. The molecule has 1 fully saturated rings. The number of carbonyl (C=O) groups excluding carboxylic acids is 1. The monoisotopic (exact) mass is 308 g/mol. The number of likely N-dealkylation sites (tertiary alicyclic amines) is 1. The maximum absolute atomic E-state index is 12.0. The molecule has 7 nitrogen and oxygen atoms in total. The van der Waals surface area contributed by atoms with Gasteiger partial charge in [-0.25, -0.2) is 17.9 Å². The number of rotatable bonds is 3. The SMILES string of the molecule is CO[C@H]1CN(C(=O)OC(C)(C)C)CC[C@H]1NS(C)(=O)=O. The minimum atomic E-state index is -3.30. The number of nitrogens with one attached hydrogen (secondary N) is 1. The Morgan fingerprint density at radius 3 is 2.40 bits per heavy atom. The fourth-order valence-electron chi connectivity index (χ4n) is 2.06. The second-order valence-corrected chi connectivity index (χ2v) is 7.77. The van der Waals surface area contributed by atoms with Crippen LogP contribution in [0.25, 0.3) is 0 Å². The molecule has 1 heterocycles. The Morgan fingerprint density at radius 1 is 1.35 bits per heavy atom. The van der Waals surface area contributed by atoms with Crippen LogP contribution in [0.3, 0.4) is 0 Å². The standard InChI is InChI=1S/C12H24N2O5S/c1-12(2,3)19-11(15)14-7-6-9(10(8-14)18-4)13-20(5,16)17/h9-10,13H,6-8H2,1-5H3/t9-,10+/m1/s1. The van der Waals surface area contributed by atoms with Crippen molar-refractivity contribution in [2.75, 3.05) is 26.5 Å². The zero-order valence-corrected chi connectivity index (χ0v) is 13.5. The average molecular weight is 308 g/mol.